The van der Waals surface area contributed by atoms with Crippen molar-refractivity contribution < 1.29 is 41.4 Å². The molecule has 1 aromatic heterocycles. The molecule has 15 heteroatoms. The first-order chi connectivity index (χ1) is 21.4. The number of anilines is 2. The fraction of sp³-hybridized carbons (Fsp3) is 0.200. The van der Waals surface area contributed by atoms with E-state index in [1.165, 1.54) is 43.5 Å². The fourth-order valence-corrected chi connectivity index (χ4v) is 7.84. The normalized spacial score (nSPS) is 19.2. The summed E-state index contributed by atoms with van der Waals surface area (Å²) in [4.78, 5) is 55.8. The van der Waals surface area contributed by atoms with E-state index < -0.39 is 63.8 Å². The number of thiazole rings is 1. The zero-order valence-electron chi connectivity index (χ0n) is 23.0. The molecule has 45 heavy (non-hydrogen) atoms. The van der Waals surface area contributed by atoms with Crippen LogP contribution < -0.4 is 24.6 Å². The van der Waals surface area contributed by atoms with Crippen LogP contribution in [0.25, 0.3) is 0 Å². The number of aromatic amines is 1. The van der Waals surface area contributed by atoms with Crippen LogP contribution in [-0.4, -0.2) is 41.7 Å². The number of hydrogen-bond donors (Lipinski definition) is 2. The van der Waals surface area contributed by atoms with Crippen LogP contribution in [0.3, 0.4) is 0 Å². The van der Waals surface area contributed by atoms with Crippen molar-refractivity contribution in [2.45, 2.75) is 22.4 Å². The van der Waals surface area contributed by atoms with Gasteiger partial charge in [-0.25, -0.2) is 9.29 Å². The number of methoxy groups -OCH3 is 1. The average molecular weight is 660 g/mol. The molecule has 232 valence electrons. The minimum absolute atomic E-state index is 0.180. The van der Waals surface area contributed by atoms with Crippen molar-refractivity contribution in [1.29, 1.82) is 0 Å². The van der Waals surface area contributed by atoms with Crippen LogP contribution in [-0.2, 0) is 20.6 Å². The van der Waals surface area contributed by atoms with Gasteiger partial charge in [0.15, 0.2) is 18.1 Å². The Morgan fingerprint density at radius 3 is 2.47 bits per heavy atom. The van der Waals surface area contributed by atoms with E-state index >= 15 is 0 Å². The van der Waals surface area contributed by atoms with Crippen molar-refractivity contribution in [1.82, 2.24) is 4.98 Å². The molecule has 0 bridgehead atoms. The summed E-state index contributed by atoms with van der Waals surface area (Å²) >= 11 is 1.86. The number of thioether (sulfide) groups is 1. The summed E-state index contributed by atoms with van der Waals surface area (Å²) in [5, 5.41) is 1.94. The number of amides is 3. The topological polar surface area (TPSA) is 118 Å². The third-order valence-electron chi connectivity index (χ3n) is 7.29. The number of H-pyrrole nitrogens is 1. The van der Waals surface area contributed by atoms with E-state index in [0.29, 0.717) is 21.2 Å². The second-order valence-corrected chi connectivity index (χ2v) is 12.2. The molecule has 3 heterocycles. The van der Waals surface area contributed by atoms with E-state index in [9.17, 15) is 36.7 Å². The summed E-state index contributed by atoms with van der Waals surface area (Å²) in [5.41, 5.74) is -0.359. The molecule has 2 aliphatic heterocycles. The van der Waals surface area contributed by atoms with Crippen molar-refractivity contribution in [2.75, 3.05) is 23.9 Å². The summed E-state index contributed by atoms with van der Waals surface area (Å²) in [6.45, 7) is -0.416. The van der Waals surface area contributed by atoms with Gasteiger partial charge in [0, 0.05) is 16.5 Å². The Morgan fingerprint density at radius 2 is 1.76 bits per heavy atom. The summed E-state index contributed by atoms with van der Waals surface area (Å²) < 4.78 is 64.6. The van der Waals surface area contributed by atoms with Crippen LogP contribution in [0.2, 0.25) is 0 Å². The number of benzene rings is 3. The number of alkyl halides is 3. The Bertz CT molecular complexity index is 1870. The van der Waals surface area contributed by atoms with Crippen molar-refractivity contribution in [2.24, 2.45) is 5.92 Å². The van der Waals surface area contributed by atoms with E-state index in [4.69, 9.17) is 9.47 Å². The van der Waals surface area contributed by atoms with Crippen molar-refractivity contribution >= 4 is 52.2 Å². The number of imide groups is 1. The zero-order chi connectivity index (χ0) is 32.0. The molecule has 4 aromatic rings. The number of hydrogen-bond acceptors (Lipinski definition) is 8. The summed E-state index contributed by atoms with van der Waals surface area (Å²) in [6.07, 6.45) is -4.68. The molecule has 0 saturated carbocycles. The van der Waals surface area contributed by atoms with Gasteiger partial charge >= 0.3 is 11.0 Å². The van der Waals surface area contributed by atoms with Gasteiger partial charge in [-0.1, -0.05) is 35.2 Å². The van der Waals surface area contributed by atoms with E-state index in [1.54, 1.807) is 12.1 Å². The molecule has 1 fully saturated rings. The van der Waals surface area contributed by atoms with Crippen LogP contribution in [0.15, 0.2) is 76.6 Å². The van der Waals surface area contributed by atoms with Gasteiger partial charge in [-0.15, -0.1) is 0 Å². The Morgan fingerprint density at radius 1 is 1.00 bits per heavy atom. The summed E-state index contributed by atoms with van der Waals surface area (Å²) in [5.74, 6) is -3.89. The van der Waals surface area contributed by atoms with Crippen LogP contribution in [0.4, 0.5) is 28.9 Å². The molecule has 0 unspecified atom stereocenters. The first-order valence-electron chi connectivity index (χ1n) is 13.3. The SMILES string of the molecule is COc1cc([C@@H]2c3sc(=O)[nH]c3S[C@H]3C(=O)N(c4cccc(C(F)(F)F)c4)C(=O)[C@@H]23)ccc1OCC(=O)Nc1ccc(F)cc1. The van der Waals surface area contributed by atoms with Gasteiger partial charge in [0.25, 0.3) is 5.91 Å². The largest absolute Gasteiger partial charge is 0.493 e. The van der Waals surface area contributed by atoms with E-state index in [1.807, 2.05) is 0 Å². The molecule has 6 rings (SSSR count). The molecule has 0 radical (unpaired) electrons. The Balaban J connectivity index is 1.30. The fourth-order valence-electron chi connectivity index (χ4n) is 5.32. The third kappa shape index (κ3) is 5.80. The number of nitrogens with one attached hydrogen (secondary N) is 2. The van der Waals surface area contributed by atoms with Gasteiger partial charge in [-0.05, 0) is 60.2 Å². The highest BCUT2D eigenvalue weighted by atomic mass is 32.2. The number of fused-ring (bicyclic) bond motifs is 2. The number of ether oxygens (including phenoxy) is 2. The molecule has 2 aliphatic rings. The molecule has 2 N–H and O–H groups in total. The van der Waals surface area contributed by atoms with Gasteiger partial charge in [0.05, 0.1) is 29.3 Å². The highest BCUT2D eigenvalue weighted by Crippen LogP contribution is 2.54. The Kier molecular flexibility index (Phi) is 7.91. The predicted molar refractivity (Wildman–Crippen MR) is 157 cm³/mol. The van der Waals surface area contributed by atoms with Gasteiger partial charge in [-0.2, -0.15) is 13.2 Å². The highest BCUT2D eigenvalue weighted by molar-refractivity contribution is 8.00. The average Bonchev–Trinajstić information content (AvgIpc) is 3.50. The summed E-state index contributed by atoms with van der Waals surface area (Å²) in [7, 11) is 1.36. The lowest BCUT2D eigenvalue weighted by molar-refractivity contribution is -0.137. The highest BCUT2D eigenvalue weighted by Gasteiger charge is 2.56. The van der Waals surface area contributed by atoms with Gasteiger partial charge in [0.2, 0.25) is 11.8 Å². The molecular formula is C30H21F4N3O6S2. The Hall–Kier alpha value is -4.63. The molecule has 9 nitrogen and oxygen atoms in total. The van der Waals surface area contributed by atoms with E-state index in [2.05, 4.69) is 10.3 Å². The van der Waals surface area contributed by atoms with Crippen molar-refractivity contribution in [3.8, 4) is 11.5 Å². The lowest BCUT2D eigenvalue weighted by Crippen LogP contribution is -2.32. The number of halogens is 4. The third-order valence-corrected chi connectivity index (χ3v) is 9.69. The number of carbonyl (C=O) groups excluding carboxylic acids is 3. The maximum atomic E-state index is 13.9. The zero-order valence-corrected chi connectivity index (χ0v) is 24.6. The molecule has 3 aromatic carbocycles. The molecule has 1 saturated heterocycles. The first kappa shape index (κ1) is 30.4. The smallest absolute Gasteiger partial charge is 0.416 e. The molecule has 3 amide bonds. The first-order valence-corrected chi connectivity index (χ1v) is 14.9. The monoisotopic (exact) mass is 659 g/mol. The summed E-state index contributed by atoms with van der Waals surface area (Å²) in [6, 6.07) is 13.9. The second kappa shape index (κ2) is 11.7. The maximum absolute atomic E-state index is 13.9. The molecule has 0 aliphatic carbocycles. The Labute approximate surface area is 260 Å². The molecule has 3 atom stereocenters. The minimum Gasteiger partial charge on any atom is -0.493 e. The van der Waals surface area contributed by atoms with Crippen LogP contribution in [0.5, 0.6) is 11.5 Å². The van der Waals surface area contributed by atoms with E-state index in [-0.39, 0.29) is 17.2 Å². The second-order valence-electron chi connectivity index (χ2n) is 10.1. The molecular weight excluding hydrogens is 638 g/mol. The van der Waals surface area contributed by atoms with Crippen molar-refractivity contribution in [3.05, 3.63) is 98.2 Å². The van der Waals surface area contributed by atoms with Gasteiger partial charge in [0.1, 0.15) is 11.1 Å². The standard InChI is InChI=1S/C30H21F4N3O6S2/c1-42-20-11-14(5-10-19(20)43-13-21(38)35-17-8-6-16(31)7-9-17)22-23-25(44-26-24(22)45-29(41)36-26)28(40)37(27(23)39)18-4-2-3-15(12-18)30(32,33)34/h2-12,22-23,25H,13H2,1H3,(H,35,38)(H,36,41)/t22-,23-,25+/m0/s1. The lowest BCUT2D eigenvalue weighted by Gasteiger charge is -2.30. The maximum Gasteiger partial charge on any atom is 0.416 e. The van der Waals surface area contributed by atoms with Crippen LogP contribution in [0.1, 0.15) is 21.9 Å². The minimum atomic E-state index is -4.68. The van der Waals surface area contributed by atoms with Crippen LogP contribution >= 0.6 is 23.1 Å². The van der Waals surface area contributed by atoms with Crippen molar-refractivity contribution in [3.63, 3.8) is 0 Å². The molecule has 0 spiro atoms. The van der Waals surface area contributed by atoms with Gasteiger partial charge in [-0.3, -0.25) is 19.2 Å². The number of rotatable bonds is 7. The lowest BCUT2D eigenvalue weighted by atomic mass is 9.83. The number of nitrogens with zero attached hydrogens (tertiary/aromatic N) is 1. The van der Waals surface area contributed by atoms with E-state index in [0.717, 1.165) is 46.2 Å². The van der Waals surface area contributed by atoms with Crippen LogP contribution in [0, 0.1) is 11.7 Å². The number of aromatic nitrogens is 1. The predicted octanol–water partition coefficient (Wildman–Crippen LogP) is 5.42. The van der Waals surface area contributed by atoms with Gasteiger partial charge < -0.3 is 19.8 Å². The number of carbonyl (C=O) groups is 3. The quantitative estimate of drug-likeness (QED) is 0.201.